The maximum atomic E-state index is 11.4. The smallest absolute Gasteiger partial charge is 0.219 e. The normalized spacial score (nSPS) is 11.8. The van der Waals surface area contributed by atoms with Crippen molar-refractivity contribution >= 4 is 11.6 Å². The summed E-state index contributed by atoms with van der Waals surface area (Å²) in [6.07, 6.45) is 6.48. The molecule has 0 aromatic heterocycles. The predicted molar refractivity (Wildman–Crippen MR) is 84.9 cm³/mol. The summed E-state index contributed by atoms with van der Waals surface area (Å²) in [5.74, 6) is 0.787. The Hall–Kier alpha value is -1.06. The summed E-state index contributed by atoms with van der Waals surface area (Å²) in [7, 11) is 0. The zero-order valence-electron chi connectivity index (χ0n) is 13.7. The first-order valence-corrected chi connectivity index (χ1v) is 8.04. The Morgan fingerprint density at radius 2 is 1.95 bits per heavy atom. The van der Waals surface area contributed by atoms with E-state index in [1.54, 1.807) is 0 Å². The van der Waals surface area contributed by atoms with Crippen LogP contribution in [0.3, 0.4) is 0 Å². The van der Waals surface area contributed by atoms with Crippen molar-refractivity contribution in [1.82, 2.24) is 5.32 Å². The van der Waals surface area contributed by atoms with Crippen molar-refractivity contribution in [2.75, 3.05) is 13.2 Å². The van der Waals surface area contributed by atoms with Crippen LogP contribution in [-0.2, 0) is 9.63 Å². The monoisotopic (exact) mass is 284 g/mol. The van der Waals surface area contributed by atoms with Crippen LogP contribution in [-0.4, -0.2) is 24.8 Å². The number of hydrogen-bond acceptors (Lipinski definition) is 3. The number of unbranched alkanes of at least 4 members (excludes halogenated alkanes) is 2. The van der Waals surface area contributed by atoms with Crippen LogP contribution >= 0.6 is 0 Å². The number of nitrogens with zero attached hydrogens (tertiary/aromatic N) is 1. The fourth-order valence-electron chi connectivity index (χ4n) is 1.84. The summed E-state index contributed by atoms with van der Waals surface area (Å²) in [6, 6.07) is 0. The van der Waals surface area contributed by atoms with Crippen molar-refractivity contribution in [3.05, 3.63) is 0 Å². The van der Waals surface area contributed by atoms with Gasteiger partial charge in [0, 0.05) is 13.0 Å². The van der Waals surface area contributed by atoms with Crippen LogP contribution in [0.4, 0.5) is 0 Å². The fourth-order valence-corrected chi connectivity index (χ4v) is 1.84. The summed E-state index contributed by atoms with van der Waals surface area (Å²) in [4.78, 5) is 16.7. The number of nitrogens with one attached hydrogen (secondary N) is 1. The third-order valence-electron chi connectivity index (χ3n) is 2.96. The van der Waals surface area contributed by atoms with Crippen LogP contribution in [0.15, 0.2) is 5.16 Å². The average Bonchev–Trinajstić information content (AvgIpc) is 2.42. The molecule has 0 aliphatic heterocycles. The van der Waals surface area contributed by atoms with Crippen molar-refractivity contribution in [3.8, 4) is 0 Å². The lowest BCUT2D eigenvalue weighted by atomic mass is 10.1. The Morgan fingerprint density at radius 3 is 2.55 bits per heavy atom. The Labute approximate surface area is 124 Å². The Kier molecular flexibility index (Phi) is 12.3. The van der Waals surface area contributed by atoms with E-state index in [4.69, 9.17) is 4.84 Å². The van der Waals surface area contributed by atoms with Gasteiger partial charge in [-0.25, -0.2) is 0 Å². The first kappa shape index (κ1) is 18.9. The Bertz CT molecular complexity index is 276. The molecule has 0 unspecified atom stereocenters. The largest absolute Gasteiger partial charge is 0.396 e. The number of rotatable bonds is 12. The molecule has 0 rings (SSSR count). The molecule has 0 aliphatic carbocycles. The third-order valence-corrected chi connectivity index (χ3v) is 2.96. The second-order valence-electron chi connectivity index (χ2n) is 5.60. The van der Waals surface area contributed by atoms with Gasteiger partial charge >= 0.3 is 0 Å². The van der Waals surface area contributed by atoms with E-state index in [2.05, 4.69) is 38.2 Å². The molecule has 0 saturated carbocycles. The highest BCUT2D eigenvalue weighted by molar-refractivity contribution is 5.83. The zero-order valence-corrected chi connectivity index (χ0v) is 13.7. The molecule has 1 N–H and O–H groups in total. The van der Waals surface area contributed by atoms with Crippen LogP contribution in [0.25, 0.3) is 0 Å². The highest BCUT2D eigenvalue weighted by Gasteiger charge is 2.02. The minimum absolute atomic E-state index is 0.163. The van der Waals surface area contributed by atoms with Gasteiger partial charge in [-0.2, -0.15) is 0 Å². The maximum Gasteiger partial charge on any atom is 0.219 e. The van der Waals surface area contributed by atoms with Gasteiger partial charge in [-0.05, 0) is 44.4 Å². The fraction of sp³-hybridized carbons (Fsp3) is 0.875. The van der Waals surface area contributed by atoms with Crippen LogP contribution in [0.2, 0.25) is 0 Å². The molecule has 1 amide bonds. The van der Waals surface area contributed by atoms with Crippen LogP contribution in [0.5, 0.6) is 0 Å². The molecule has 4 heteroatoms. The highest BCUT2D eigenvalue weighted by Crippen LogP contribution is 2.06. The van der Waals surface area contributed by atoms with Gasteiger partial charge in [0.2, 0.25) is 5.91 Å². The van der Waals surface area contributed by atoms with E-state index < -0.39 is 0 Å². The quantitative estimate of drug-likeness (QED) is 0.336. The van der Waals surface area contributed by atoms with Crippen molar-refractivity contribution in [1.29, 1.82) is 0 Å². The van der Waals surface area contributed by atoms with Crippen molar-refractivity contribution < 1.29 is 9.63 Å². The van der Waals surface area contributed by atoms with Gasteiger partial charge in [-0.3, -0.25) is 4.79 Å². The zero-order chi connectivity index (χ0) is 15.2. The SMILES string of the molecule is CCCNC(=O)CCCCCO/N=C(/CC)CC(C)C. The van der Waals surface area contributed by atoms with Gasteiger partial charge < -0.3 is 10.2 Å². The first-order valence-electron chi connectivity index (χ1n) is 8.04. The topological polar surface area (TPSA) is 50.7 Å². The minimum Gasteiger partial charge on any atom is -0.396 e. The van der Waals surface area contributed by atoms with Gasteiger partial charge in [0.05, 0.1) is 5.71 Å². The van der Waals surface area contributed by atoms with Crippen molar-refractivity contribution in [3.63, 3.8) is 0 Å². The molecule has 0 aromatic rings. The predicted octanol–water partition coefficient (Wildman–Crippen LogP) is 3.90. The molecule has 0 aliphatic rings. The van der Waals surface area contributed by atoms with E-state index in [1.165, 1.54) is 0 Å². The summed E-state index contributed by atoms with van der Waals surface area (Å²) in [6.45, 7) is 9.98. The lowest BCUT2D eigenvalue weighted by molar-refractivity contribution is -0.121. The summed E-state index contributed by atoms with van der Waals surface area (Å²) in [5, 5.41) is 7.08. The molecule has 0 atom stereocenters. The van der Waals surface area contributed by atoms with E-state index in [-0.39, 0.29) is 5.91 Å². The van der Waals surface area contributed by atoms with Gasteiger partial charge in [-0.15, -0.1) is 0 Å². The molecule has 0 fully saturated rings. The van der Waals surface area contributed by atoms with Crippen molar-refractivity contribution in [2.24, 2.45) is 11.1 Å². The molecule has 0 saturated heterocycles. The molecular weight excluding hydrogens is 252 g/mol. The molecule has 118 valence electrons. The Balaban J connectivity index is 3.52. The molecule has 0 heterocycles. The van der Waals surface area contributed by atoms with E-state index in [0.717, 1.165) is 50.8 Å². The molecule has 0 radical (unpaired) electrons. The lowest BCUT2D eigenvalue weighted by Gasteiger charge is -2.07. The molecule has 20 heavy (non-hydrogen) atoms. The van der Waals surface area contributed by atoms with Crippen LogP contribution in [0, 0.1) is 5.92 Å². The second-order valence-corrected chi connectivity index (χ2v) is 5.60. The van der Waals surface area contributed by atoms with E-state index >= 15 is 0 Å². The maximum absolute atomic E-state index is 11.4. The van der Waals surface area contributed by atoms with Gasteiger partial charge in [-0.1, -0.05) is 32.9 Å². The molecule has 0 spiro atoms. The number of amides is 1. The van der Waals surface area contributed by atoms with Crippen LogP contribution in [0.1, 0.15) is 72.6 Å². The number of hydrogen-bond donors (Lipinski definition) is 1. The molecular formula is C16H32N2O2. The van der Waals surface area contributed by atoms with E-state index in [0.29, 0.717) is 18.9 Å². The number of oxime groups is 1. The summed E-state index contributed by atoms with van der Waals surface area (Å²) in [5.41, 5.74) is 1.14. The highest BCUT2D eigenvalue weighted by atomic mass is 16.6. The summed E-state index contributed by atoms with van der Waals surface area (Å²) < 4.78 is 0. The number of carbonyl (C=O) groups is 1. The average molecular weight is 284 g/mol. The minimum atomic E-state index is 0.163. The summed E-state index contributed by atoms with van der Waals surface area (Å²) >= 11 is 0. The van der Waals surface area contributed by atoms with Gasteiger partial charge in [0.15, 0.2) is 0 Å². The van der Waals surface area contributed by atoms with E-state index in [1.807, 2.05) is 0 Å². The number of carbonyl (C=O) groups excluding carboxylic acids is 1. The van der Waals surface area contributed by atoms with Gasteiger partial charge in [0.25, 0.3) is 0 Å². The second kappa shape index (κ2) is 12.9. The van der Waals surface area contributed by atoms with Crippen LogP contribution < -0.4 is 5.32 Å². The lowest BCUT2D eigenvalue weighted by Crippen LogP contribution is -2.23. The molecule has 0 bridgehead atoms. The molecule has 4 nitrogen and oxygen atoms in total. The van der Waals surface area contributed by atoms with Crippen molar-refractivity contribution in [2.45, 2.75) is 72.6 Å². The third kappa shape index (κ3) is 12.0. The van der Waals surface area contributed by atoms with Gasteiger partial charge in [0.1, 0.15) is 6.61 Å². The molecule has 0 aromatic carbocycles. The first-order chi connectivity index (χ1) is 9.60. The Morgan fingerprint density at radius 1 is 1.20 bits per heavy atom. The van der Waals surface area contributed by atoms with E-state index in [9.17, 15) is 4.79 Å². The standard InChI is InChI=1S/C16H32N2O2/c1-5-11-17-16(19)10-8-7-9-12-20-18-15(6-2)13-14(3)4/h14H,5-13H2,1-4H3,(H,17,19)/b18-15-.